The summed E-state index contributed by atoms with van der Waals surface area (Å²) >= 11 is 11.6. The number of amides is 1. The predicted octanol–water partition coefficient (Wildman–Crippen LogP) is 2.83. The SMILES string of the molecule is O=C(N/N=C\c1ccc(N(CCCl)CCCl)cc1)C1CC1. The molecule has 1 amide bonds. The Labute approximate surface area is 135 Å². The summed E-state index contributed by atoms with van der Waals surface area (Å²) < 4.78 is 0. The smallest absolute Gasteiger partial charge is 0.243 e. The Morgan fingerprint density at radius 1 is 1.24 bits per heavy atom. The molecule has 0 radical (unpaired) electrons. The number of benzene rings is 1. The van der Waals surface area contributed by atoms with Crippen molar-refractivity contribution in [2.45, 2.75) is 12.8 Å². The van der Waals surface area contributed by atoms with Gasteiger partial charge < -0.3 is 4.90 Å². The summed E-state index contributed by atoms with van der Waals surface area (Å²) in [6, 6.07) is 7.92. The van der Waals surface area contributed by atoms with E-state index in [4.69, 9.17) is 23.2 Å². The maximum absolute atomic E-state index is 11.4. The Morgan fingerprint density at radius 3 is 2.38 bits per heavy atom. The fourth-order valence-corrected chi connectivity index (χ4v) is 2.36. The van der Waals surface area contributed by atoms with E-state index >= 15 is 0 Å². The molecule has 0 aliphatic heterocycles. The van der Waals surface area contributed by atoms with Crippen molar-refractivity contribution in [1.29, 1.82) is 0 Å². The van der Waals surface area contributed by atoms with Crippen LogP contribution in [0.4, 0.5) is 5.69 Å². The lowest BCUT2D eigenvalue weighted by Crippen LogP contribution is -2.27. The third-order valence-electron chi connectivity index (χ3n) is 3.30. The van der Waals surface area contributed by atoms with Crippen LogP contribution in [0.3, 0.4) is 0 Å². The van der Waals surface area contributed by atoms with Gasteiger partial charge in [0.25, 0.3) is 0 Å². The number of alkyl halides is 2. The number of hydrazone groups is 1. The molecular formula is C15H19Cl2N3O. The van der Waals surface area contributed by atoms with Crippen molar-refractivity contribution in [1.82, 2.24) is 5.43 Å². The largest absolute Gasteiger partial charge is 0.369 e. The summed E-state index contributed by atoms with van der Waals surface area (Å²) in [5.41, 5.74) is 4.57. The minimum absolute atomic E-state index is 0.0123. The third-order valence-corrected chi connectivity index (χ3v) is 3.64. The van der Waals surface area contributed by atoms with E-state index in [0.717, 1.165) is 37.2 Å². The van der Waals surface area contributed by atoms with Gasteiger partial charge in [-0.2, -0.15) is 5.10 Å². The number of carbonyl (C=O) groups excluding carboxylic acids is 1. The van der Waals surface area contributed by atoms with Gasteiger partial charge in [0.2, 0.25) is 5.91 Å². The summed E-state index contributed by atoms with van der Waals surface area (Å²) in [4.78, 5) is 13.6. The fourth-order valence-electron chi connectivity index (χ4n) is 1.95. The van der Waals surface area contributed by atoms with E-state index in [-0.39, 0.29) is 11.8 Å². The number of hydrogen-bond donors (Lipinski definition) is 1. The molecule has 0 saturated heterocycles. The van der Waals surface area contributed by atoms with E-state index in [1.54, 1.807) is 6.21 Å². The summed E-state index contributed by atoms with van der Waals surface area (Å²) in [6.07, 6.45) is 3.61. The lowest BCUT2D eigenvalue weighted by atomic mass is 10.2. The average Bonchev–Trinajstić information content (AvgIpc) is 3.32. The maximum Gasteiger partial charge on any atom is 0.243 e. The van der Waals surface area contributed by atoms with Crippen molar-refractivity contribution in [2.24, 2.45) is 11.0 Å². The summed E-state index contributed by atoms with van der Waals surface area (Å²) in [5.74, 6) is 1.31. The monoisotopic (exact) mass is 327 g/mol. The number of rotatable bonds is 8. The first-order valence-corrected chi connectivity index (χ1v) is 8.11. The van der Waals surface area contributed by atoms with Crippen molar-refractivity contribution in [2.75, 3.05) is 29.7 Å². The highest BCUT2D eigenvalue weighted by atomic mass is 35.5. The molecule has 0 spiro atoms. The van der Waals surface area contributed by atoms with Gasteiger partial charge in [-0.1, -0.05) is 12.1 Å². The zero-order valence-electron chi connectivity index (χ0n) is 11.8. The van der Waals surface area contributed by atoms with Crippen LogP contribution >= 0.6 is 23.2 Å². The minimum atomic E-state index is 0.0123. The fraction of sp³-hybridized carbons (Fsp3) is 0.467. The van der Waals surface area contributed by atoms with E-state index in [1.807, 2.05) is 24.3 Å². The standard InChI is InChI=1S/C15H19Cl2N3O/c16-7-9-20(10-8-17)14-5-1-12(2-6-14)11-18-19-15(21)13-3-4-13/h1-2,5-6,11,13H,3-4,7-10H2,(H,19,21)/b18-11-. The number of carbonyl (C=O) groups is 1. The topological polar surface area (TPSA) is 44.7 Å². The molecule has 6 heteroatoms. The van der Waals surface area contributed by atoms with Crippen molar-refractivity contribution < 1.29 is 4.79 Å². The predicted molar refractivity (Wildman–Crippen MR) is 88.6 cm³/mol. The van der Waals surface area contributed by atoms with Crippen molar-refractivity contribution in [3.63, 3.8) is 0 Å². The second-order valence-corrected chi connectivity index (χ2v) is 5.72. The molecule has 4 nitrogen and oxygen atoms in total. The van der Waals surface area contributed by atoms with Crippen LogP contribution in [-0.2, 0) is 4.79 Å². The number of halogens is 2. The molecule has 2 rings (SSSR count). The van der Waals surface area contributed by atoms with Crippen molar-refractivity contribution in [3.05, 3.63) is 29.8 Å². The average molecular weight is 328 g/mol. The first kappa shape index (κ1) is 16.1. The molecule has 21 heavy (non-hydrogen) atoms. The molecule has 1 aromatic carbocycles. The summed E-state index contributed by atoms with van der Waals surface area (Å²) in [7, 11) is 0. The molecule has 1 aliphatic rings. The van der Waals surface area contributed by atoms with Gasteiger partial charge in [0.1, 0.15) is 0 Å². The molecule has 114 valence electrons. The lowest BCUT2D eigenvalue weighted by molar-refractivity contribution is -0.122. The van der Waals surface area contributed by atoms with Crippen LogP contribution in [-0.4, -0.2) is 37.0 Å². The van der Waals surface area contributed by atoms with Crippen molar-refractivity contribution >= 4 is 41.0 Å². The van der Waals surface area contributed by atoms with Gasteiger partial charge in [0, 0.05) is 36.5 Å². The van der Waals surface area contributed by atoms with Crippen LogP contribution < -0.4 is 10.3 Å². The van der Waals surface area contributed by atoms with Crippen molar-refractivity contribution in [3.8, 4) is 0 Å². The molecule has 1 N–H and O–H groups in total. The van der Waals surface area contributed by atoms with Crippen LogP contribution in [0.1, 0.15) is 18.4 Å². The zero-order valence-corrected chi connectivity index (χ0v) is 13.3. The highest BCUT2D eigenvalue weighted by Crippen LogP contribution is 2.28. The second kappa shape index (κ2) is 8.25. The Kier molecular flexibility index (Phi) is 6.33. The van der Waals surface area contributed by atoms with Gasteiger partial charge in [-0.3, -0.25) is 4.79 Å². The molecule has 0 unspecified atom stereocenters. The normalized spacial score (nSPS) is 14.4. The zero-order chi connectivity index (χ0) is 15.1. The van der Waals surface area contributed by atoms with Crippen LogP contribution in [0.5, 0.6) is 0 Å². The molecule has 1 fully saturated rings. The van der Waals surface area contributed by atoms with Gasteiger partial charge in [0.05, 0.1) is 6.21 Å². The Morgan fingerprint density at radius 2 is 1.86 bits per heavy atom. The Bertz CT molecular complexity index is 480. The van der Waals surface area contributed by atoms with E-state index in [2.05, 4.69) is 15.4 Å². The van der Waals surface area contributed by atoms with E-state index in [0.29, 0.717) is 11.8 Å². The van der Waals surface area contributed by atoms with Crippen LogP contribution in [0.25, 0.3) is 0 Å². The second-order valence-electron chi connectivity index (χ2n) is 4.97. The first-order chi connectivity index (χ1) is 10.2. The number of nitrogens with zero attached hydrogens (tertiary/aromatic N) is 2. The summed E-state index contributed by atoms with van der Waals surface area (Å²) in [6.45, 7) is 1.53. The number of hydrogen-bond acceptors (Lipinski definition) is 3. The molecular weight excluding hydrogens is 309 g/mol. The number of nitrogens with one attached hydrogen (secondary N) is 1. The maximum atomic E-state index is 11.4. The van der Waals surface area contributed by atoms with Crippen LogP contribution in [0.2, 0.25) is 0 Å². The van der Waals surface area contributed by atoms with Gasteiger partial charge >= 0.3 is 0 Å². The van der Waals surface area contributed by atoms with E-state index in [1.165, 1.54) is 0 Å². The highest BCUT2D eigenvalue weighted by molar-refractivity contribution is 6.18. The summed E-state index contributed by atoms with van der Waals surface area (Å²) in [5, 5.41) is 3.97. The molecule has 0 atom stereocenters. The molecule has 0 heterocycles. The quantitative estimate of drug-likeness (QED) is 0.453. The third kappa shape index (κ3) is 5.21. The highest BCUT2D eigenvalue weighted by Gasteiger charge is 2.29. The Balaban J connectivity index is 1.90. The van der Waals surface area contributed by atoms with E-state index < -0.39 is 0 Å². The van der Waals surface area contributed by atoms with Crippen LogP contribution in [0, 0.1) is 5.92 Å². The molecule has 0 bridgehead atoms. The van der Waals surface area contributed by atoms with Gasteiger partial charge in [-0.25, -0.2) is 5.43 Å². The molecule has 1 aliphatic carbocycles. The van der Waals surface area contributed by atoms with E-state index in [9.17, 15) is 4.79 Å². The Hall–Kier alpha value is -1.26. The lowest BCUT2D eigenvalue weighted by Gasteiger charge is -2.22. The first-order valence-electron chi connectivity index (χ1n) is 7.04. The molecule has 1 saturated carbocycles. The molecule has 0 aromatic heterocycles. The van der Waals surface area contributed by atoms with Gasteiger partial charge in [-0.05, 0) is 30.5 Å². The van der Waals surface area contributed by atoms with Gasteiger partial charge in [-0.15, -0.1) is 23.2 Å². The number of anilines is 1. The minimum Gasteiger partial charge on any atom is -0.369 e. The van der Waals surface area contributed by atoms with Crippen LogP contribution in [0.15, 0.2) is 29.4 Å². The molecule has 1 aromatic rings. The van der Waals surface area contributed by atoms with Gasteiger partial charge in [0.15, 0.2) is 0 Å².